The van der Waals surface area contributed by atoms with Gasteiger partial charge in [0.25, 0.3) is 5.91 Å². The van der Waals surface area contributed by atoms with Crippen molar-refractivity contribution < 1.29 is 22.5 Å². The van der Waals surface area contributed by atoms with Gasteiger partial charge in [-0.1, -0.05) is 40.7 Å². The summed E-state index contributed by atoms with van der Waals surface area (Å²) in [6.07, 6.45) is -4.45. The lowest BCUT2D eigenvalue weighted by Crippen LogP contribution is -2.48. The van der Waals surface area contributed by atoms with E-state index >= 15 is 0 Å². The van der Waals surface area contributed by atoms with Crippen LogP contribution in [0.15, 0.2) is 59.1 Å². The number of nitrogens with zero attached hydrogens (tertiary/aromatic N) is 7. The summed E-state index contributed by atoms with van der Waals surface area (Å²) in [6.45, 7) is 4.24. The summed E-state index contributed by atoms with van der Waals surface area (Å²) in [5.74, 6) is 0.213. The number of alkyl halides is 3. The minimum atomic E-state index is -4.45. The second kappa shape index (κ2) is 9.53. The number of para-hydroxylation sites is 1. The lowest BCUT2D eigenvalue weighted by Gasteiger charge is -2.33. The van der Waals surface area contributed by atoms with Crippen LogP contribution in [0.25, 0.3) is 17.1 Å². The fourth-order valence-corrected chi connectivity index (χ4v) is 4.06. The minimum absolute atomic E-state index is 0.0990. The maximum Gasteiger partial charge on any atom is 0.416 e. The second-order valence-corrected chi connectivity index (χ2v) is 8.43. The molecule has 9 nitrogen and oxygen atoms in total. The van der Waals surface area contributed by atoms with E-state index in [1.165, 1.54) is 12.1 Å². The highest BCUT2D eigenvalue weighted by atomic mass is 19.4. The van der Waals surface area contributed by atoms with E-state index in [1.54, 1.807) is 9.58 Å². The van der Waals surface area contributed by atoms with Crippen LogP contribution in [0.4, 0.5) is 13.2 Å². The largest absolute Gasteiger partial charge is 0.416 e. The second-order valence-electron chi connectivity index (χ2n) is 8.43. The number of halogens is 3. The van der Waals surface area contributed by atoms with Gasteiger partial charge in [-0.05, 0) is 31.2 Å². The van der Waals surface area contributed by atoms with Crippen molar-refractivity contribution in [1.82, 2.24) is 34.9 Å². The number of carbonyl (C=O) groups excluding carboxylic acids is 1. The van der Waals surface area contributed by atoms with E-state index in [0.29, 0.717) is 50.0 Å². The van der Waals surface area contributed by atoms with E-state index in [4.69, 9.17) is 4.52 Å². The van der Waals surface area contributed by atoms with Crippen LogP contribution >= 0.6 is 0 Å². The Hall–Kier alpha value is -4.06. The van der Waals surface area contributed by atoms with Crippen molar-refractivity contribution in [3.05, 3.63) is 77.4 Å². The van der Waals surface area contributed by atoms with Gasteiger partial charge in [0.1, 0.15) is 0 Å². The van der Waals surface area contributed by atoms with Crippen LogP contribution in [0.3, 0.4) is 0 Å². The van der Waals surface area contributed by atoms with E-state index in [2.05, 4.69) is 20.5 Å². The van der Waals surface area contributed by atoms with Crippen LogP contribution in [-0.2, 0) is 12.7 Å². The van der Waals surface area contributed by atoms with Crippen molar-refractivity contribution in [2.24, 2.45) is 0 Å². The maximum atomic E-state index is 13.1. The predicted molar refractivity (Wildman–Crippen MR) is 122 cm³/mol. The van der Waals surface area contributed by atoms with Crippen molar-refractivity contribution in [2.45, 2.75) is 19.6 Å². The predicted octanol–water partition coefficient (Wildman–Crippen LogP) is 3.60. The van der Waals surface area contributed by atoms with Gasteiger partial charge in [-0.15, -0.1) is 5.10 Å². The van der Waals surface area contributed by atoms with Gasteiger partial charge in [0, 0.05) is 31.7 Å². The van der Waals surface area contributed by atoms with Crippen LogP contribution in [-0.4, -0.2) is 67.0 Å². The van der Waals surface area contributed by atoms with E-state index in [1.807, 2.05) is 42.2 Å². The molecule has 1 saturated heterocycles. The van der Waals surface area contributed by atoms with Crippen LogP contribution in [0, 0.1) is 6.92 Å². The first-order chi connectivity index (χ1) is 17.3. The molecule has 0 aliphatic carbocycles. The van der Waals surface area contributed by atoms with Crippen LogP contribution in [0.2, 0.25) is 0 Å². The molecule has 1 amide bonds. The number of amides is 1. The Kier molecular flexibility index (Phi) is 6.27. The summed E-state index contributed by atoms with van der Waals surface area (Å²) < 4.78 is 45.9. The van der Waals surface area contributed by atoms with Crippen molar-refractivity contribution in [3.63, 3.8) is 0 Å². The Morgan fingerprint density at radius 2 is 1.78 bits per heavy atom. The maximum absolute atomic E-state index is 13.1. The third-order valence-corrected chi connectivity index (χ3v) is 6.03. The zero-order valence-electron chi connectivity index (χ0n) is 19.3. The smallest absolute Gasteiger partial charge is 0.338 e. The molecule has 0 bridgehead atoms. The topological polar surface area (TPSA) is 93.2 Å². The highest BCUT2D eigenvalue weighted by Gasteiger charge is 2.31. The quantitative estimate of drug-likeness (QED) is 0.416. The van der Waals surface area contributed by atoms with Crippen LogP contribution in [0.5, 0.6) is 0 Å². The molecule has 36 heavy (non-hydrogen) atoms. The van der Waals surface area contributed by atoms with Gasteiger partial charge in [0.2, 0.25) is 11.7 Å². The molecule has 5 rings (SSSR count). The Morgan fingerprint density at radius 1 is 1.03 bits per heavy atom. The van der Waals surface area contributed by atoms with E-state index in [9.17, 15) is 18.0 Å². The molecule has 1 aliphatic rings. The average Bonchev–Trinajstić information content (AvgIpc) is 3.51. The lowest BCUT2D eigenvalue weighted by atomic mass is 10.1. The van der Waals surface area contributed by atoms with Crippen LogP contribution < -0.4 is 0 Å². The molecule has 1 fully saturated rings. The third kappa shape index (κ3) is 4.85. The molecule has 0 saturated carbocycles. The molecule has 186 valence electrons. The van der Waals surface area contributed by atoms with Crippen LogP contribution in [0.1, 0.15) is 27.6 Å². The zero-order chi connectivity index (χ0) is 25.3. The summed E-state index contributed by atoms with van der Waals surface area (Å²) in [5, 5.41) is 12.1. The fraction of sp³-hybridized carbons (Fsp3) is 0.292. The number of carbonyl (C=O) groups is 1. The van der Waals surface area contributed by atoms with Gasteiger partial charge in [0.15, 0.2) is 5.69 Å². The Morgan fingerprint density at radius 3 is 2.50 bits per heavy atom. The van der Waals surface area contributed by atoms with Crippen molar-refractivity contribution in [2.75, 3.05) is 26.2 Å². The molecule has 0 unspecified atom stereocenters. The highest BCUT2D eigenvalue weighted by Crippen LogP contribution is 2.31. The first kappa shape index (κ1) is 23.7. The van der Waals surface area contributed by atoms with Gasteiger partial charge >= 0.3 is 6.18 Å². The van der Waals surface area contributed by atoms with Gasteiger partial charge in [0.05, 0.1) is 23.5 Å². The molecule has 3 heterocycles. The van der Waals surface area contributed by atoms with Gasteiger partial charge in [-0.25, -0.2) is 4.68 Å². The van der Waals surface area contributed by atoms with Gasteiger partial charge < -0.3 is 9.42 Å². The van der Waals surface area contributed by atoms with E-state index < -0.39 is 11.7 Å². The highest BCUT2D eigenvalue weighted by molar-refractivity contribution is 5.93. The molecule has 12 heteroatoms. The molecule has 0 atom stereocenters. The number of aromatic nitrogens is 5. The minimum Gasteiger partial charge on any atom is -0.338 e. The number of piperazine rings is 1. The summed E-state index contributed by atoms with van der Waals surface area (Å²) in [4.78, 5) is 21.1. The molecule has 2 aromatic carbocycles. The summed E-state index contributed by atoms with van der Waals surface area (Å²) in [7, 11) is 0. The van der Waals surface area contributed by atoms with Crippen molar-refractivity contribution in [3.8, 4) is 17.1 Å². The Labute approximate surface area is 204 Å². The Balaban J connectivity index is 1.19. The number of hydrogen-bond donors (Lipinski definition) is 0. The summed E-state index contributed by atoms with van der Waals surface area (Å²) in [6, 6.07) is 14.3. The molecule has 0 N–H and O–H groups in total. The molecule has 2 aromatic heterocycles. The number of rotatable bonds is 5. The standard InChI is InChI=1S/C24H22F3N7O2/c1-16-21(29-31-34(16)19-8-3-2-4-9-19)23(35)33-12-10-32(11-13-33)15-20-28-22(30-36-20)17-6-5-7-18(14-17)24(25,26)27/h2-9,14H,10-13,15H2,1H3. The third-order valence-electron chi connectivity index (χ3n) is 6.03. The summed E-state index contributed by atoms with van der Waals surface area (Å²) >= 11 is 0. The first-order valence-corrected chi connectivity index (χ1v) is 11.3. The lowest BCUT2D eigenvalue weighted by molar-refractivity contribution is -0.137. The van der Waals surface area contributed by atoms with E-state index in [-0.39, 0.29) is 17.3 Å². The molecular formula is C24H22F3N7O2. The number of benzene rings is 2. The normalized spacial score (nSPS) is 14.8. The molecule has 1 aliphatic heterocycles. The molecule has 0 spiro atoms. The van der Waals surface area contributed by atoms with Crippen molar-refractivity contribution >= 4 is 5.91 Å². The van der Waals surface area contributed by atoms with E-state index in [0.717, 1.165) is 17.8 Å². The fourth-order valence-electron chi connectivity index (χ4n) is 4.06. The van der Waals surface area contributed by atoms with Gasteiger partial charge in [-0.3, -0.25) is 9.69 Å². The average molecular weight is 497 g/mol. The van der Waals surface area contributed by atoms with Crippen molar-refractivity contribution in [1.29, 1.82) is 0 Å². The number of hydrogen-bond acceptors (Lipinski definition) is 7. The Bertz CT molecular complexity index is 1360. The molecular weight excluding hydrogens is 475 g/mol. The summed E-state index contributed by atoms with van der Waals surface area (Å²) in [5.41, 5.74) is 1.27. The molecule has 0 radical (unpaired) electrons. The zero-order valence-corrected chi connectivity index (χ0v) is 19.3. The molecule has 4 aromatic rings. The SMILES string of the molecule is Cc1c(C(=O)N2CCN(Cc3nc(-c4cccc(C(F)(F)F)c4)no3)CC2)nnn1-c1ccccc1. The van der Waals surface area contributed by atoms with Gasteiger partial charge in [-0.2, -0.15) is 18.2 Å². The monoisotopic (exact) mass is 497 g/mol. The first-order valence-electron chi connectivity index (χ1n) is 11.3.